The number of hydrogen-bond donors (Lipinski definition) is 1. The third-order valence-corrected chi connectivity index (χ3v) is 4.36. The van der Waals surface area contributed by atoms with Gasteiger partial charge in [0.05, 0.1) is 12.3 Å². The summed E-state index contributed by atoms with van der Waals surface area (Å²) in [6.45, 7) is 8.51. The zero-order valence-corrected chi connectivity index (χ0v) is 12.8. The summed E-state index contributed by atoms with van der Waals surface area (Å²) in [5.74, 6) is 0. The fraction of sp³-hybridized carbons (Fsp3) is 0.333. The van der Waals surface area contributed by atoms with Crippen molar-refractivity contribution in [3.63, 3.8) is 0 Å². The number of furan rings is 1. The van der Waals surface area contributed by atoms with Crippen LogP contribution in [0.15, 0.2) is 27.5 Å². The molecule has 2 aromatic rings. The highest BCUT2D eigenvalue weighted by molar-refractivity contribution is 9.10. The molecule has 2 rings (SSSR count). The fourth-order valence-electron chi connectivity index (χ4n) is 2.40. The monoisotopic (exact) mass is 307 g/mol. The summed E-state index contributed by atoms with van der Waals surface area (Å²) in [6, 6.07) is 3.98. The molecule has 3 heteroatoms. The second-order valence-corrected chi connectivity index (χ2v) is 5.52. The summed E-state index contributed by atoms with van der Waals surface area (Å²) in [5, 5.41) is 0. The van der Waals surface area contributed by atoms with Crippen LogP contribution in [-0.4, -0.2) is 0 Å². The molecule has 1 aromatic carbocycles. The van der Waals surface area contributed by atoms with Crippen molar-refractivity contribution in [2.45, 2.75) is 33.7 Å². The van der Waals surface area contributed by atoms with Crippen LogP contribution in [0, 0.1) is 27.7 Å². The molecule has 0 fully saturated rings. The van der Waals surface area contributed by atoms with Crippen LogP contribution >= 0.6 is 15.9 Å². The van der Waals surface area contributed by atoms with Gasteiger partial charge in [0.25, 0.3) is 0 Å². The Morgan fingerprint density at radius 1 is 1.11 bits per heavy atom. The summed E-state index contributed by atoms with van der Waals surface area (Å²) < 4.78 is 6.00. The summed E-state index contributed by atoms with van der Waals surface area (Å²) in [5.41, 5.74) is 13.7. The molecule has 2 nitrogen and oxygen atoms in total. The number of nitrogens with two attached hydrogens (primary N) is 1. The van der Waals surface area contributed by atoms with E-state index in [0.717, 1.165) is 5.56 Å². The molecular weight excluding hydrogens is 290 g/mol. The lowest BCUT2D eigenvalue weighted by molar-refractivity contribution is 0.534. The highest BCUT2D eigenvalue weighted by Crippen LogP contribution is 2.33. The first-order chi connectivity index (χ1) is 8.43. The number of benzene rings is 1. The van der Waals surface area contributed by atoms with Crippen LogP contribution in [0.4, 0.5) is 0 Å². The van der Waals surface area contributed by atoms with Crippen molar-refractivity contribution in [2.75, 3.05) is 0 Å². The van der Waals surface area contributed by atoms with E-state index in [-0.39, 0.29) is 6.04 Å². The first-order valence-corrected chi connectivity index (χ1v) is 6.78. The van der Waals surface area contributed by atoms with Crippen molar-refractivity contribution >= 4 is 15.9 Å². The van der Waals surface area contributed by atoms with Crippen molar-refractivity contribution in [3.05, 3.63) is 56.4 Å². The maximum Gasteiger partial charge on any atom is 0.174 e. The van der Waals surface area contributed by atoms with Crippen molar-refractivity contribution in [2.24, 2.45) is 5.73 Å². The third kappa shape index (κ3) is 2.13. The van der Waals surface area contributed by atoms with E-state index in [1.807, 2.05) is 6.07 Å². The zero-order chi connectivity index (χ0) is 13.4. The maximum atomic E-state index is 6.41. The molecule has 96 valence electrons. The van der Waals surface area contributed by atoms with Gasteiger partial charge in [-0.05, 0) is 77.5 Å². The highest BCUT2D eigenvalue weighted by Gasteiger charge is 2.20. The lowest BCUT2D eigenvalue weighted by atomic mass is 9.88. The van der Waals surface area contributed by atoms with Crippen molar-refractivity contribution in [3.8, 4) is 0 Å². The second-order valence-electron chi connectivity index (χ2n) is 4.80. The van der Waals surface area contributed by atoms with Gasteiger partial charge >= 0.3 is 0 Å². The molecule has 0 bridgehead atoms. The molecule has 0 aliphatic carbocycles. The number of rotatable bonds is 2. The molecule has 0 saturated heterocycles. The van der Waals surface area contributed by atoms with Gasteiger partial charge in [-0.1, -0.05) is 6.07 Å². The second kappa shape index (κ2) is 4.90. The first kappa shape index (κ1) is 13.4. The van der Waals surface area contributed by atoms with Crippen LogP contribution in [0.2, 0.25) is 0 Å². The maximum absolute atomic E-state index is 6.41. The van der Waals surface area contributed by atoms with E-state index in [9.17, 15) is 0 Å². The van der Waals surface area contributed by atoms with E-state index in [0.29, 0.717) is 4.67 Å². The fourth-order valence-corrected chi connectivity index (χ4v) is 2.88. The standard InChI is InChI=1S/C15H18BrNO/c1-8-7-9(2)11(4)13(10(8)3)14(17)12-5-6-18-15(12)16/h5-7,14H,17H2,1-4H3. The van der Waals surface area contributed by atoms with Gasteiger partial charge in [0.1, 0.15) is 0 Å². The lowest BCUT2D eigenvalue weighted by Gasteiger charge is -2.20. The minimum Gasteiger partial charge on any atom is -0.457 e. The summed E-state index contributed by atoms with van der Waals surface area (Å²) in [4.78, 5) is 0. The normalized spacial score (nSPS) is 12.8. The minimum absolute atomic E-state index is 0.156. The van der Waals surface area contributed by atoms with Crippen LogP contribution in [0.3, 0.4) is 0 Å². The zero-order valence-electron chi connectivity index (χ0n) is 11.2. The molecule has 1 atom stereocenters. The molecule has 1 heterocycles. The Bertz CT molecular complexity index is 560. The topological polar surface area (TPSA) is 39.2 Å². The predicted octanol–water partition coefficient (Wildman–Crippen LogP) is 4.32. The van der Waals surface area contributed by atoms with E-state index in [2.05, 4.69) is 49.7 Å². The van der Waals surface area contributed by atoms with Crippen molar-refractivity contribution < 1.29 is 4.42 Å². The average molecular weight is 308 g/mol. The van der Waals surface area contributed by atoms with Gasteiger partial charge in [-0.25, -0.2) is 0 Å². The van der Waals surface area contributed by atoms with Crippen LogP contribution in [0.5, 0.6) is 0 Å². The van der Waals surface area contributed by atoms with Crippen molar-refractivity contribution in [1.29, 1.82) is 0 Å². The highest BCUT2D eigenvalue weighted by atomic mass is 79.9. The Hall–Kier alpha value is -1.06. The van der Waals surface area contributed by atoms with Gasteiger partial charge < -0.3 is 10.2 Å². The van der Waals surface area contributed by atoms with Crippen molar-refractivity contribution in [1.82, 2.24) is 0 Å². The van der Waals surface area contributed by atoms with E-state index in [1.165, 1.54) is 27.8 Å². The molecule has 1 unspecified atom stereocenters. The SMILES string of the molecule is Cc1cc(C)c(C)c(C(N)c2ccoc2Br)c1C. The Labute approximate surface area is 116 Å². The molecule has 18 heavy (non-hydrogen) atoms. The lowest BCUT2D eigenvalue weighted by Crippen LogP contribution is -2.16. The van der Waals surface area contributed by atoms with Gasteiger partial charge in [-0.2, -0.15) is 0 Å². The summed E-state index contributed by atoms with van der Waals surface area (Å²) in [7, 11) is 0. The molecule has 0 amide bonds. The molecule has 1 aromatic heterocycles. The Morgan fingerprint density at radius 3 is 2.11 bits per heavy atom. The molecular formula is C15H18BrNO. The number of hydrogen-bond acceptors (Lipinski definition) is 2. The predicted molar refractivity (Wildman–Crippen MR) is 77.8 cm³/mol. The van der Waals surface area contributed by atoms with E-state index in [4.69, 9.17) is 10.2 Å². The molecule has 0 spiro atoms. The Kier molecular flexibility index (Phi) is 3.64. The molecule has 0 aliphatic heterocycles. The van der Waals surface area contributed by atoms with E-state index in [1.54, 1.807) is 6.26 Å². The molecule has 0 aliphatic rings. The molecule has 2 N–H and O–H groups in total. The number of aryl methyl sites for hydroxylation is 2. The minimum atomic E-state index is -0.156. The average Bonchev–Trinajstić information content (AvgIpc) is 2.73. The van der Waals surface area contributed by atoms with Gasteiger partial charge in [0.15, 0.2) is 4.67 Å². The quantitative estimate of drug-likeness (QED) is 0.897. The van der Waals surface area contributed by atoms with E-state index >= 15 is 0 Å². The molecule has 0 radical (unpaired) electrons. The van der Waals surface area contributed by atoms with Crippen LogP contribution in [0.1, 0.15) is 39.4 Å². The summed E-state index contributed by atoms with van der Waals surface area (Å²) in [6.07, 6.45) is 1.66. The van der Waals surface area contributed by atoms with E-state index < -0.39 is 0 Å². The Balaban J connectivity index is 2.61. The smallest absolute Gasteiger partial charge is 0.174 e. The largest absolute Gasteiger partial charge is 0.457 e. The molecule has 0 saturated carbocycles. The van der Waals surface area contributed by atoms with Gasteiger partial charge in [0.2, 0.25) is 0 Å². The van der Waals surface area contributed by atoms with Crippen LogP contribution < -0.4 is 5.73 Å². The van der Waals surface area contributed by atoms with Gasteiger partial charge in [-0.15, -0.1) is 0 Å². The number of halogens is 1. The first-order valence-electron chi connectivity index (χ1n) is 5.99. The Morgan fingerprint density at radius 2 is 1.67 bits per heavy atom. The van der Waals surface area contributed by atoms with Gasteiger partial charge in [0, 0.05) is 5.56 Å². The van der Waals surface area contributed by atoms with Gasteiger partial charge in [-0.3, -0.25) is 0 Å². The summed E-state index contributed by atoms with van der Waals surface area (Å²) >= 11 is 3.40. The van der Waals surface area contributed by atoms with Crippen LogP contribution in [-0.2, 0) is 0 Å². The van der Waals surface area contributed by atoms with Crippen LogP contribution in [0.25, 0.3) is 0 Å². The third-order valence-electron chi connectivity index (χ3n) is 3.72.